The van der Waals surface area contributed by atoms with E-state index in [1.807, 2.05) is 55.6 Å². The number of amides is 1. The predicted molar refractivity (Wildman–Crippen MR) is 91.2 cm³/mol. The van der Waals surface area contributed by atoms with E-state index in [1.54, 1.807) is 17.2 Å². The van der Waals surface area contributed by atoms with Gasteiger partial charge in [0.25, 0.3) is 5.91 Å². The van der Waals surface area contributed by atoms with Gasteiger partial charge >= 0.3 is 0 Å². The van der Waals surface area contributed by atoms with Crippen molar-refractivity contribution in [2.45, 2.75) is 11.4 Å². The van der Waals surface area contributed by atoms with Gasteiger partial charge in [-0.15, -0.1) is 12.6 Å². The molecule has 0 radical (unpaired) electrons. The van der Waals surface area contributed by atoms with Gasteiger partial charge in [-0.05, 0) is 17.7 Å². The van der Waals surface area contributed by atoms with Crippen molar-refractivity contribution in [1.29, 1.82) is 0 Å². The summed E-state index contributed by atoms with van der Waals surface area (Å²) in [5.74, 6) is -0.0183. The summed E-state index contributed by atoms with van der Waals surface area (Å²) in [6, 6.07) is 17.4. The lowest BCUT2D eigenvalue weighted by atomic mass is 10.1. The Balaban J connectivity index is 1.94. The van der Waals surface area contributed by atoms with Crippen molar-refractivity contribution < 1.29 is 4.79 Å². The van der Waals surface area contributed by atoms with E-state index in [9.17, 15) is 4.79 Å². The number of para-hydroxylation sites is 1. The molecule has 1 amide bonds. The van der Waals surface area contributed by atoms with E-state index in [0.29, 0.717) is 12.1 Å². The fraction of sp³-hybridized carbons (Fsp3) is 0.111. The molecule has 1 heterocycles. The maximum Gasteiger partial charge on any atom is 0.254 e. The summed E-state index contributed by atoms with van der Waals surface area (Å²) in [5, 5.41) is 0.833. The molecule has 3 nitrogen and oxygen atoms in total. The number of thiol groups is 1. The Morgan fingerprint density at radius 3 is 2.64 bits per heavy atom. The summed E-state index contributed by atoms with van der Waals surface area (Å²) in [6.07, 6.45) is 1.66. The minimum atomic E-state index is -0.0183. The zero-order chi connectivity index (χ0) is 15.5. The van der Waals surface area contributed by atoms with Gasteiger partial charge in [-0.2, -0.15) is 0 Å². The average Bonchev–Trinajstić information content (AvgIpc) is 2.55. The summed E-state index contributed by atoms with van der Waals surface area (Å²) < 4.78 is 0. The van der Waals surface area contributed by atoms with Gasteiger partial charge in [-0.1, -0.05) is 42.5 Å². The largest absolute Gasteiger partial charge is 0.337 e. The number of hydrogen-bond donors (Lipinski definition) is 1. The molecule has 22 heavy (non-hydrogen) atoms. The van der Waals surface area contributed by atoms with Crippen molar-refractivity contribution in [1.82, 2.24) is 9.88 Å². The predicted octanol–water partition coefficient (Wildman–Crippen LogP) is 3.80. The number of fused-ring (bicyclic) bond motifs is 1. The molecule has 0 bridgehead atoms. The van der Waals surface area contributed by atoms with E-state index in [4.69, 9.17) is 0 Å². The van der Waals surface area contributed by atoms with Crippen molar-refractivity contribution in [3.63, 3.8) is 0 Å². The number of benzene rings is 2. The van der Waals surface area contributed by atoms with Crippen molar-refractivity contribution in [2.75, 3.05) is 7.05 Å². The molecule has 0 unspecified atom stereocenters. The molecule has 0 atom stereocenters. The van der Waals surface area contributed by atoms with Crippen LogP contribution in [0.4, 0.5) is 0 Å². The van der Waals surface area contributed by atoms with Gasteiger partial charge in [-0.25, -0.2) is 0 Å². The molecule has 3 rings (SSSR count). The Morgan fingerprint density at radius 1 is 1.09 bits per heavy atom. The molecule has 110 valence electrons. The highest BCUT2D eigenvalue weighted by Gasteiger charge is 2.16. The number of pyridine rings is 1. The van der Waals surface area contributed by atoms with Crippen LogP contribution in [0.5, 0.6) is 0 Å². The second-order valence-electron chi connectivity index (χ2n) is 5.18. The average molecular weight is 308 g/mol. The van der Waals surface area contributed by atoms with Crippen molar-refractivity contribution >= 4 is 29.4 Å². The Labute approximate surface area is 135 Å². The lowest BCUT2D eigenvalue weighted by molar-refractivity contribution is 0.0787. The van der Waals surface area contributed by atoms with E-state index in [1.165, 1.54) is 0 Å². The van der Waals surface area contributed by atoms with Crippen LogP contribution in [0.1, 0.15) is 15.9 Å². The highest BCUT2D eigenvalue weighted by molar-refractivity contribution is 7.80. The maximum absolute atomic E-state index is 12.7. The summed E-state index contributed by atoms with van der Waals surface area (Å²) >= 11 is 4.41. The number of hydrogen-bond acceptors (Lipinski definition) is 3. The van der Waals surface area contributed by atoms with Crippen molar-refractivity contribution in [3.8, 4) is 0 Å². The van der Waals surface area contributed by atoms with Gasteiger partial charge in [-0.3, -0.25) is 9.78 Å². The highest BCUT2D eigenvalue weighted by atomic mass is 32.1. The third kappa shape index (κ3) is 2.83. The molecule has 4 heteroatoms. The summed E-state index contributed by atoms with van der Waals surface area (Å²) in [6.45, 7) is 0.573. The standard InChI is InChI=1S/C18H16N2OS/c1-20(12-13-6-3-2-4-7-13)18(21)15-10-11-19-17-14(15)8-5-9-16(17)22/h2-11,22H,12H2,1H3. The summed E-state index contributed by atoms with van der Waals surface area (Å²) in [7, 11) is 1.81. The van der Waals surface area contributed by atoms with Crippen molar-refractivity contribution in [2.24, 2.45) is 0 Å². The lowest BCUT2D eigenvalue weighted by Crippen LogP contribution is -2.26. The number of nitrogens with zero attached hydrogens (tertiary/aromatic N) is 2. The normalized spacial score (nSPS) is 10.6. The third-order valence-corrected chi connectivity index (χ3v) is 3.95. The number of rotatable bonds is 3. The Kier molecular flexibility index (Phi) is 4.11. The molecular formula is C18H16N2OS. The molecular weight excluding hydrogens is 292 g/mol. The summed E-state index contributed by atoms with van der Waals surface area (Å²) in [4.78, 5) is 19.6. The lowest BCUT2D eigenvalue weighted by Gasteiger charge is -2.18. The van der Waals surface area contributed by atoms with Crippen LogP contribution in [0.2, 0.25) is 0 Å². The van der Waals surface area contributed by atoms with Crippen molar-refractivity contribution in [3.05, 3.63) is 71.9 Å². The number of carbonyl (C=O) groups is 1. The second kappa shape index (κ2) is 6.20. The fourth-order valence-corrected chi connectivity index (χ4v) is 2.75. The molecule has 3 aromatic rings. The van der Waals surface area contributed by atoms with Crippen LogP contribution >= 0.6 is 12.6 Å². The van der Waals surface area contributed by atoms with Crippen LogP contribution in [-0.2, 0) is 6.54 Å². The van der Waals surface area contributed by atoms with Crippen LogP contribution in [0.25, 0.3) is 10.9 Å². The smallest absolute Gasteiger partial charge is 0.254 e. The second-order valence-corrected chi connectivity index (χ2v) is 5.66. The first kappa shape index (κ1) is 14.6. The Morgan fingerprint density at radius 2 is 1.86 bits per heavy atom. The van der Waals surface area contributed by atoms with Crippen LogP contribution in [0, 0.1) is 0 Å². The van der Waals surface area contributed by atoms with Gasteiger partial charge in [0.2, 0.25) is 0 Å². The molecule has 0 saturated heterocycles. The SMILES string of the molecule is CN(Cc1ccccc1)C(=O)c1ccnc2c(S)cccc12. The van der Waals surface area contributed by atoms with Gasteiger partial charge in [0.05, 0.1) is 11.1 Å². The third-order valence-electron chi connectivity index (χ3n) is 3.59. The fourth-order valence-electron chi connectivity index (χ4n) is 2.48. The molecule has 0 aliphatic heterocycles. The molecule has 0 fully saturated rings. The molecule has 0 aliphatic carbocycles. The Hall–Kier alpha value is -2.33. The van der Waals surface area contributed by atoms with Gasteiger partial charge in [0.1, 0.15) is 0 Å². The molecule has 1 aromatic heterocycles. The first-order valence-corrected chi connectivity index (χ1v) is 7.47. The number of aromatic nitrogens is 1. The minimum Gasteiger partial charge on any atom is -0.337 e. The zero-order valence-corrected chi connectivity index (χ0v) is 13.1. The van der Waals surface area contributed by atoms with Crippen LogP contribution in [0.3, 0.4) is 0 Å². The van der Waals surface area contributed by atoms with E-state index in [-0.39, 0.29) is 5.91 Å². The molecule has 0 spiro atoms. The van der Waals surface area contributed by atoms with Gasteiger partial charge in [0.15, 0.2) is 0 Å². The van der Waals surface area contributed by atoms with Crippen LogP contribution in [0.15, 0.2) is 65.7 Å². The van der Waals surface area contributed by atoms with Crippen LogP contribution < -0.4 is 0 Å². The molecule has 2 aromatic carbocycles. The monoisotopic (exact) mass is 308 g/mol. The number of carbonyl (C=O) groups excluding carboxylic acids is 1. The quantitative estimate of drug-likeness (QED) is 0.747. The van der Waals surface area contributed by atoms with Crippen LogP contribution in [-0.4, -0.2) is 22.8 Å². The Bertz CT molecular complexity index is 818. The maximum atomic E-state index is 12.7. The van der Waals surface area contributed by atoms with E-state index < -0.39 is 0 Å². The van der Waals surface area contributed by atoms with E-state index in [2.05, 4.69) is 17.6 Å². The zero-order valence-electron chi connectivity index (χ0n) is 12.2. The van der Waals surface area contributed by atoms with E-state index >= 15 is 0 Å². The molecule has 0 N–H and O–H groups in total. The summed E-state index contributed by atoms with van der Waals surface area (Å²) in [5.41, 5.74) is 2.51. The topological polar surface area (TPSA) is 33.2 Å². The van der Waals surface area contributed by atoms with E-state index in [0.717, 1.165) is 21.4 Å². The van der Waals surface area contributed by atoms with Gasteiger partial charge in [0, 0.05) is 30.1 Å². The first-order chi connectivity index (χ1) is 10.7. The molecule has 0 aliphatic rings. The van der Waals surface area contributed by atoms with Gasteiger partial charge < -0.3 is 4.90 Å². The molecule has 0 saturated carbocycles. The first-order valence-electron chi connectivity index (χ1n) is 7.03. The minimum absolute atomic E-state index is 0.0183. The highest BCUT2D eigenvalue weighted by Crippen LogP contribution is 2.23.